The first-order chi connectivity index (χ1) is 5.77. The van der Waals surface area contributed by atoms with E-state index in [1.165, 1.54) is 0 Å². The molecule has 64 valence electrons. The van der Waals surface area contributed by atoms with E-state index in [1.807, 2.05) is 6.08 Å². The Balaban J connectivity index is 2.56. The molecule has 0 radical (unpaired) electrons. The second-order valence-electron chi connectivity index (χ2n) is 3.06. The zero-order valence-electron chi connectivity index (χ0n) is 6.95. The van der Waals surface area contributed by atoms with Gasteiger partial charge in [-0.05, 0) is 36.3 Å². The first-order valence-electron chi connectivity index (χ1n) is 4.06. The van der Waals surface area contributed by atoms with Gasteiger partial charge in [-0.1, -0.05) is 12.7 Å². The van der Waals surface area contributed by atoms with Gasteiger partial charge in [-0.25, -0.2) is 0 Å². The Morgan fingerprint density at radius 1 is 1.58 bits per heavy atom. The largest absolute Gasteiger partial charge is 0.298 e. The molecule has 0 heterocycles. The topological polar surface area (TPSA) is 34.1 Å². The summed E-state index contributed by atoms with van der Waals surface area (Å²) < 4.78 is 0. The van der Waals surface area contributed by atoms with E-state index in [0.717, 1.165) is 37.4 Å². The molecule has 1 aliphatic carbocycles. The fraction of sp³-hybridized carbons (Fsp3) is 0.400. The first-order valence-corrected chi connectivity index (χ1v) is 4.06. The smallest absolute Gasteiger partial charge is 0.145 e. The summed E-state index contributed by atoms with van der Waals surface area (Å²) in [5, 5.41) is 0. The zero-order valence-corrected chi connectivity index (χ0v) is 6.95. The van der Waals surface area contributed by atoms with Crippen LogP contribution in [0.2, 0.25) is 0 Å². The van der Waals surface area contributed by atoms with Gasteiger partial charge in [0.1, 0.15) is 12.6 Å². The van der Waals surface area contributed by atoms with Crippen molar-refractivity contribution in [2.75, 3.05) is 0 Å². The normalized spacial score (nSPS) is 22.7. The first kappa shape index (κ1) is 8.91. The molecule has 0 aliphatic heterocycles. The molecule has 0 aromatic rings. The fourth-order valence-corrected chi connectivity index (χ4v) is 1.39. The Morgan fingerprint density at radius 2 is 2.33 bits per heavy atom. The number of carbonyl (C=O) groups is 2. The van der Waals surface area contributed by atoms with Gasteiger partial charge in [-0.2, -0.15) is 0 Å². The summed E-state index contributed by atoms with van der Waals surface area (Å²) in [6.07, 6.45) is 6.04. The van der Waals surface area contributed by atoms with Gasteiger partial charge in [0.05, 0.1) is 0 Å². The summed E-state index contributed by atoms with van der Waals surface area (Å²) in [6, 6.07) is 0. The average molecular weight is 164 g/mol. The molecule has 0 saturated carbocycles. The van der Waals surface area contributed by atoms with Crippen LogP contribution in [0, 0.1) is 5.92 Å². The van der Waals surface area contributed by atoms with Crippen LogP contribution >= 0.6 is 0 Å². The van der Waals surface area contributed by atoms with Gasteiger partial charge in [0.25, 0.3) is 0 Å². The van der Waals surface area contributed by atoms with E-state index in [1.54, 1.807) is 0 Å². The number of allylic oxidation sites excluding steroid dienone is 3. The third-order valence-electron chi connectivity index (χ3n) is 2.27. The van der Waals surface area contributed by atoms with Crippen molar-refractivity contribution < 1.29 is 9.59 Å². The Kier molecular flexibility index (Phi) is 2.97. The lowest BCUT2D eigenvalue weighted by atomic mass is 9.86. The Labute approximate surface area is 72.0 Å². The molecular weight excluding hydrogens is 152 g/mol. The second-order valence-corrected chi connectivity index (χ2v) is 3.06. The lowest BCUT2D eigenvalue weighted by Crippen LogP contribution is -2.09. The molecule has 0 aromatic carbocycles. The van der Waals surface area contributed by atoms with E-state index in [0.29, 0.717) is 5.57 Å². The molecule has 2 nitrogen and oxygen atoms in total. The predicted octanol–water partition coefficient (Wildman–Crippen LogP) is 1.67. The summed E-state index contributed by atoms with van der Waals surface area (Å²) in [6.45, 7) is 3.66. The summed E-state index contributed by atoms with van der Waals surface area (Å²) in [5.41, 5.74) is 1.50. The van der Waals surface area contributed by atoms with Crippen LogP contribution in [0.25, 0.3) is 0 Å². The number of aldehydes is 2. The predicted molar refractivity (Wildman–Crippen MR) is 46.7 cm³/mol. The highest BCUT2D eigenvalue weighted by atomic mass is 16.1. The lowest BCUT2D eigenvalue weighted by molar-refractivity contribution is -0.105. The van der Waals surface area contributed by atoms with E-state index in [9.17, 15) is 9.59 Å². The minimum absolute atomic E-state index is 0.256. The molecule has 2 heteroatoms. The standard InChI is InChI=1S/C10H12O2/c1-8(6-11)10-4-2-9(7-12)3-5-10/h2,6-7,10H,1,3-5H2/t10-/m0/s1. The number of hydrogen-bond acceptors (Lipinski definition) is 2. The third kappa shape index (κ3) is 1.91. The zero-order chi connectivity index (χ0) is 8.97. The maximum Gasteiger partial charge on any atom is 0.145 e. The monoisotopic (exact) mass is 164 g/mol. The molecule has 12 heavy (non-hydrogen) atoms. The highest BCUT2D eigenvalue weighted by molar-refractivity contribution is 5.75. The number of carbonyl (C=O) groups excluding carboxylic acids is 2. The van der Waals surface area contributed by atoms with Crippen LogP contribution in [0.1, 0.15) is 19.3 Å². The van der Waals surface area contributed by atoms with Gasteiger partial charge >= 0.3 is 0 Å². The molecule has 0 aromatic heterocycles. The Bertz CT molecular complexity index is 238. The molecule has 0 bridgehead atoms. The van der Waals surface area contributed by atoms with E-state index in [-0.39, 0.29) is 5.92 Å². The van der Waals surface area contributed by atoms with Gasteiger partial charge < -0.3 is 0 Å². The minimum Gasteiger partial charge on any atom is -0.298 e. The SMILES string of the molecule is C=C(C=O)[C@H]1CC=C(C=O)CC1. The van der Waals surface area contributed by atoms with Crippen molar-refractivity contribution in [3.8, 4) is 0 Å². The van der Waals surface area contributed by atoms with E-state index >= 15 is 0 Å². The number of hydrogen-bond donors (Lipinski definition) is 0. The molecule has 0 unspecified atom stereocenters. The van der Waals surface area contributed by atoms with Crippen molar-refractivity contribution in [3.05, 3.63) is 23.8 Å². The van der Waals surface area contributed by atoms with Crippen molar-refractivity contribution >= 4 is 12.6 Å². The highest BCUT2D eigenvalue weighted by Crippen LogP contribution is 2.26. The van der Waals surface area contributed by atoms with Crippen molar-refractivity contribution in [2.45, 2.75) is 19.3 Å². The van der Waals surface area contributed by atoms with Crippen LogP contribution in [-0.2, 0) is 9.59 Å². The fourth-order valence-electron chi connectivity index (χ4n) is 1.39. The Hall–Kier alpha value is -1.18. The maximum atomic E-state index is 10.4. The van der Waals surface area contributed by atoms with Crippen LogP contribution in [-0.4, -0.2) is 12.6 Å². The van der Waals surface area contributed by atoms with Crippen LogP contribution in [0.3, 0.4) is 0 Å². The van der Waals surface area contributed by atoms with E-state index in [4.69, 9.17) is 0 Å². The van der Waals surface area contributed by atoms with Gasteiger partial charge in [0, 0.05) is 0 Å². The summed E-state index contributed by atoms with van der Waals surface area (Å²) in [4.78, 5) is 20.7. The van der Waals surface area contributed by atoms with Crippen LogP contribution in [0.5, 0.6) is 0 Å². The van der Waals surface area contributed by atoms with Gasteiger partial charge in [0.15, 0.2) is 0 Å². The molecule has 0 N–H and O–H groups in total. The van der Waals surface area contributed by atoms with Crippen molar-refractivity contribution in [1.29, 1.82) is 0 Å². The van der Waals surface area contributed by atoms with E-state index < -0.39 is 0 Å². The van der Waals surface area contributed by atoms with Crippen molar-refractivity contribution in [2.24, 2.45) is 5.92 Å². The van der Waals surface area contributed by atoms with E-state index in [2.05, 4.69) is 6.58 Å². The molecule has 1 rings (SSSR count). The van der Waals surface area contributed by atoms with Crippen molar-refractivity contribution in [1.82, 2.24) is 0 Å². The van der Waals surface area contributed by atoms with Crippen molar-refractivity contribution in [3.63, 3.8) is 0 Å². The van der Waals surface area contributed by atoms with Crippen LogP contribution in [0.4, 0.5) is 0 Å². The molecule has 0 saturated heterocycles. The minimum atomic E-state index is 0.256. The molecule has 0 spiro atoms. The quantitative estimate of drug-likeness (QED) is 0.469. The lowest BCUT2D eigenvalue weighted by Gasteiger charge is -2.18. The Morgan fingerprint density at radius 3 is 2.75 bits per heavy atom. The molecule has 1 aliphatic rings. The molecule has 1 atom stereocenters. The summed E-state index contributed by atoms with van der Waals surface area (Å²) in [5.74, 6) is 0.256. The molecule has 0 fully saturated rings. The molecular formula is C10H12O2. The maximum absolute atomic E-state index is 10.4. The van der Waals surface area contributed by atoms with Gasteiger partial charge in [-0.3, -0.25) is 9.59 Å². The van der Waals surface area contributed by atoms with Crippen LogP contribution < -0.4 is 0 Å². The number of rotatable bonds is 3. The second kappa shape index (κ2) is 4.00. The third-order valence-corrected chi connectivity index (χ3v) is 2.27. The van der Waals surface area contributed by atoms with Crippen LogP contribution in [0.15, 0.2) is 23.8 Å². The summed E-state index contributed by atoms with van der Waals surface area (Å²) >= 11 is 0. The van der Waals surface area contributed by atoms with Gasteiger partial charge in [0.2, 0.25) is 0 Å². The summed E-state index contributed by atoms with van der Waals surface area (Å²) in [7, 11) is 0. The average Bonchev–Trinajstić information content (AvgIpc) is 2.17. The highest BCUT2D eigenvalue weighted by Gasteiger charge is 2.15. The van der Waals surface area contributed by atoms with Gasteiger partial charge in [-0.15, -0.1) is 0 Å². The molecule has 0 amide bonds.